The Kier molecular flexibility index (Phi) is 3.77. The molecule has 3 heteroatoms. The minimum atomic E-state index is -0.732. The lowest BCUT2D eigenvalue weighted by atomic mass is 9.91. The lowest BCUT2D eigenvalue weighted by molar-refractivity contribution is -0.140. The van der Waals surface area contributed by atoms with E-state index in [-0.39, 0.29) is 5.92 Å². The molecule has 0 aromatic heterocycles. The Morgan fingerprint density at radius 2 is 1.87 bits per heavy atom. The number of hydrogen-bond donors (Lipinski definition) is 2. The molecule has 1 atom stereocenters. The van der Waals surface area contributed by atoms with E-state index in [1.54, 1.807) is 0 Å². The molecule has 2 N–H and O–H groups in total. The van der Waals surface area contributed by atoms with Gasteiger partial charge >= 0.3 is 5.97 Å². The Hall–Kier alpha value is -0.570. The Bertz CT molecular complexity index is 232. The normalized spacial score (nSPS) is 20.7. The fraction of sp³-hybridized carbons (Fsp3) is 0.917. The number of aliphatic carboxylic acids is 1. The van der Waals surface area contributed by atoms with Gasteiger partial charge in [-0.25, -0.2) is 0 Å². The molecule has 0 amide bonds. The first-order valence-corrected chi connectivity index (χ1v) is 5.85. The van der Waals surface area contributed by atoms with Crippen LogP contribution in [0, 0.1) is 17.3 Å². The Balaban J connectivity index is 2.44. The number of hydrogen-bond acceptors (Lipinski definition) is 2. The summed E-state index contributed by atoms with van der Waals surface area (Å²) in [6.07, 6.45) is 2.48. The van der Waals surface area contributed by atoms with E-state index in [9.17, 15) is 4.79 Å². The highest BCUT2D eigenvalue weighted by atomic mass is 16.4. The van der Waals surface area contributed by atoms with Gasteiger partial charge in [-0.1, -0.05) is 27.7 Å². The van der Waals surface area contributed by atoms with Gasteiger partial charge in [0.1, 0.15) is 6.04 Å². The van der Waals surface area contributed by atoms with Crippen molar-refractivity contribution in [2.45, 2.75) is 46.6 Å². The summed E-state index contributed by atoms with van der Waals surface area (Å²) in [7, 11) is 0. The minimum Gasteiger partial charge on any atom is -0.480 e. The second kappa shape index (κ2) is 4.52. The third kappa shape index (κ3) is 2.94. The zero-order valence-corrected chi connectivity index (χ0v) is 10.2. The summed E-state index contributed by atoms with van der Waals surface area (Å²) in [5, 5.41) is 12.2. The van der Waals surface area contributed by atoms with E-state index in [0.29, 0.717) is 11.3 Å². The van der Waals surface area contributed by atoms with Crippen LogP contribution in [0.3, 0.4) is 0 Å². The van der Waals surface area contributed by atoms with Gasteiger partial charge in [0.15, 0.2) is 0 Å². The Morgan fingerprint density at radius 1 is 1.33 bits per heavy atom. The van der Waals surface area contributed by atoms with Gasteiger partial charge in [-0.2, -0.15) is 0 Å². The summed E-state index contributed by atoms with van der Waals surface area (Å²) in [6.45, 7) is 9.18. The molecule has 15 heavy (non-hydrogen) atoms. The third-order valence-corrected chi connectivity index (χ3v) is 3.72. The topological polar surface area (TPSA) is 49.3 Å². The van der Waals surface area contributed by atoms with E-state index in [2.05, 4.69) is 19.2 Å². The molecule has 3 nitrogen and oxygen atoms in total. The number of carboxylic acid groups (broad SMARTS) is 1. The third-order valence-electron chi connectivity index (χ3n) is 3.72. The van der Waals surface area contributed by atoms with Gasteiger partial charge in [-0.3, -0.25) is 4.79 Å². The van der Waals surface area contributed by atoms with Crippen LogP contribution in [0.4, 0.5) is 0 Å². The van der Waals surface area contributed by atoms with Crippen molar-refractivity contribution in [3.05, 3.63) is 0 Å². The molecule has 0 aromatic rings. The van der Waals surface area contributed by atoms with E-state index in [4.69, 9.17) is 5.11 Å². The molecule has 1 saturated carbocycles. The summed E-state index contributed by atoms with van der Waals surface area (Å²) in [5.74, 6) is 0.0571. The highest BCUT2D eigenvalue weighted by Crippen LogP contribution is 2.51. The lowest BCUT2D eigenvalue weighted by Gasteiger charge is -2.24. The van der Waals surface area contributed by atoms with Crippen molar-refractivity contribution in [3.63, 3.8) is 0 Å². The van der Waals surface area contributed by atoms with Gasteiger partial charge in [0.2, 0.25) is 0 Å². The molecular formula is C12H23NO2. The molecule has 0 bridgehead atoms. The molecule has 0 heterocycles. The van der Waals surface area contributed by atoms with Gasteiger partial charge in [-0.05, 0) is 30.1 Å². The molecule has 1 aliphatic rings. The van der Waals surface area contributed by atoms with Gasteiger partial charge in [-0.15, -0.1) is 0 Å². The van der Waals surface area contributed by atoms with Crippen molar-refractivity contribution in [3.8, 4) is 0 Å². The molecule has 1 fully saturated rings. The van der Waals surface area contributed by atoms with Crippen LogP contribution in [0.1, 0.15) is 40.5 Å². The molecule has 0 spiro atoms. The van der Waals surface area contributed by atoms with E-state index in [0.717, 1.165) is 6.54 Å². The maximum absolute atomic E-state index is 11.0. The number of nitrogens with one attached hydrogen (secondary N) is 1. The summed E-state index contributed by atoms with van der Waals surface area (Å²) in [4.78, 5) is 11.0. The average Bonchev–Trinajstić information content (AvgIpc) is 2.84. The van der Waals surface area contributed by atoms with E-state index in [1.807, 2.05) is 13.8 Å². The van der Waals surface area contributed by atoms with Crippen LogP contribution in [0.15, 0.2) is 0 Å². The molecule has 0 aromatic carbocycles. The smallest absolute Gasteiger partial charge is 0.320 e. The second-order valence-corrected chi connectivity index (χ2v) is 5.46. The molecule has 1 rings (SSSR count). The predicted octanol–water partition coefficient (Wildman–Crippen LogP) is 2.12. The summed E-state index contributed by atoms with van der Waals surface area (Å²) in [6, 6.07) is -0.402. The first-order valence-electron chi connectivity index (χ1n) is 5.85. The zero-order chi connectivity index (χ0) is 11.6. The van der Waals surface area contributed by atoms with Gasteiger partial charge in [0.05, 0.1) is 0 Å². The van der Waals surface area contributed by atoms with Crippen LogP contribution in [0.25, 0.3) is 0 Å². The maximum Gasteiger partial charge on any atom is 0.320 e. The van der Waals surface area contributed by atoms with Crippen molar-refractivity contribution in [2.24, 2.45) is 17.3 Å². The Morgan fingerprint density at radius 3 is 2.13 bits per heavy atom. The summed E-state index contributed by atoms with van der Waals surface area (Å²) >= 11 is 0. The average molecular weight is 213 g/mol. The van der Waals surface area contributed by atoms with Gasteiger partial charge in [0.25, 0.3) is 0 Å². The fourth-order valence-corrected chi connectivity index (χ4v) is 2.04. The molecule has 1 aliphatic carbocycles. The van der Waals surface area contributed by atoms with E-state index >= 15 is 0 Å². The standard InChI is InChI=1S/C12H23NO2/c1-8(2)10(11(14)15)13-7-12(5-6-12)9(3)4/h8-10,13H,5-7H2,1-4H3,(H,14,15). The van der Waals surface area contributed by atoms with Crippen LogP contribution >= 0.6 is 0 Å². The summed E-state index contributed by atoms with van der Waals surface area (Å²) < 4.78 is 0. The molecule has 1 unspecified atom stereocenters. The molecule has 0 aliphatic heterocycles. The van der Waals surface area contributed by atoms with Crippen LogP contribution in [-0.4, -0.2) is 23.7 Å². The van der Waals surface area contributed by atoms with Crippen molar-refractivity contribution in [1.82, 2.24) is 5.32 Å². The second-order valence-electron chi connectivity index (χ2n) is 5.46. The van der Waals surface area contributed by atoms with E-state index < -0.39 is 12.0 Å². The molecule has 0 saturated heterocycles. The van der Waals surface area contributed by atoms with Crippen molar-refractivity contribution < 1.29 is 9.90 Å². The molecule has 88 valence electrons. The van der Waals surface area contributed by atoms with Crippen LogP contribution < -0.4 is 5.32 Å². The Labute approximate surface area is 92.3 Å². The highest BCUT2D eigenvalue weighted by Gasteiger charge is 2.45. The van der Waals surface area contributed by atoms with Crippen molar-refractivity contribution in [2.75, 3.05) is 6.54 Å². The minimum absolute atomic E-state index is 0.144. The first kappa shape index (κ1) is 12.5. The summed E-state index contributed by atoms with van der Waals surface area (Å²) in [5.41, 5.74) is 0.378. The first-order chi connectivity index (χ1) is 6.89. The fourth-order valence-electron chi connectivity index (χ4n) is 2.04. The lowest BCUT2D eigenvalue weighted by Crippen LogP contribution is -2.44. The number of carboxylic acids is 1. The van der Waals surface area contributed by atoms with E-state index in [1.165, 1.54) is 12.8 Å². The monoisotopic (exact) mass is 213 g/mol. The van der Waals surface area contributed by atoms with Gasteiger partial charge in [0, 0.05) is 6.54 Å². The number of rotatable bonds is 6. The van der Waals surface area contributed by atoms with Crippen molar-refractivity contribution in [1.29, 1.82) is 0 Å². The molecular weight excluding hydrogens is 190 g/mol. The molecule has 0 radical (unpaired) electrons. The van der Waals surface area contributed by atoms with Crippen LogP contribution in [-0.2, 0) is 4.79 Å². The zero-order valence-electron chi connectivity index (χ0n) is 10.2. The quantitative estimate of drug-likeness (QED) is 0.710. The van der Waals surface area contributed by atoms with Crippen LogP contribution in [0.2, 0.25) is 0 Å². The van der Waals surface area contributed by atoms with Crippen molar-refractivity contribution >= 4 is 5.97 Å². The number of carbonyl (C=O) groups is 1. The maximum atomic E-state index is 11.0. The SMILES string of the molecule is CC(C)C(NCC1(C(C)C)CC1)C(=O)O. The van der Waals surface area contributed by atoms with Gasteiger partial charge < -0.3 is 10.4 Å². The predicted molar refractivity (Wildman–Crippen MR) is 60.8 cm³/mol. The van der Waals surface area contributed by atoms with Crippen LogP contribution in [0.5, 0.6) is 0 Å². The highest BCUT2D eigenvalue weighted by molar-refractivity contribution is 5.73. The largest absolute Gasteiger partial charge is 0.480 e.